The minimum atomic E-state index is -1.16. The molecule has 0 radical (unpaired) electrons. The minimum absolute atomic E-state index is 0.0952. The van der Waals surface area contributed by atoms with Gasteiger partial charge in [-0.15, -0.1) is 0 Å². The fourth-order valence-corrected chi connectivity index (χ4v) is 1.62. The van der Waals surface area contributed by atoms with E-state index in [0.29, 0.717) is 10.0 Å². The number of nitrogens with zero attached hydrogens (tertiary/aromatic N) is 1. The van der Waals surface area contributed by atoms with Crippen LogP contribution in [0.2, 0.25) is 0 Å². The SMILES string of the molecule is CC(=O)C(C)(C#N)Cc1ccc(Br)cc1F. The molecule has 0 heterocycles. The Balaban J connectivity index is 3.05. The summed E-state index contributed by atoms with van der Waals surface area (Å²) in [5, 5.41) is 8.96. The van der Waals surface area contributed by atoms with Crippen LogP contribution in [-0.2, 0) is 11.2 Å². The molecule has 0 aliphatic heterocycles. The molecule has 0 aliphatic carbocycles. The lowest BCUT2D eigenvalue weighted by Gasteiger charge is -2.18. The first-order valence-corrected chi connectivity index (χ1v) is 5.54. The van der Waals surface area contributed by atoms with Crippen molar-refractivity contribution in [2.24, 2.45) is 5.41 Å². The first-order valence-electron chi connectivity index (χ1n) is 4.75. The van der Waals surface area contributed by atoms with Gasteiger partial charge in [0.15, 0.2) is 0 Å². The van der Waals surface area contributed by atoms with Crippen molar-refractivity contribution >= 4 is 21.7 Å². The minimum Gasteiger partial charge on any atom is -0.298 e. The molecule has 4 heteroatoms. The fourth-order valence-electron chi connectivity index (χ4n) is 1.29. The van der Waals surface area contributed by atoms with E-state index >= 15 is 0 Å². The van der Waals surface area contributed by atoms with Gasteiger partial charge in [-0.2, -0.15) is 5.26 Å². The first-order chi connectivity index (χ1) is 7.39. The maximum atomic E-state index is 13.5. The zero-order chi connectivity index (χ0) is 12.3. The van der Waals surface area contributed by atoms with E-state index < -0.39 is 11.2 Å². The monoisotopic (exact) mass is 283 g/mol. The summed E-state index contributed by atoms with van der Waals surface area (Å²) in [6, 6.07) is 6.54. The molecular formula is C12H11BrFNO. The number of nitriles is 1. The van der Waals surface area contributed by atoms with Crippen molar-refractivity contribution in [2.45, 2.75) is 20.3 Å². The summed E-state index contributed by atoms with van der Waals surface area (Å²) < 4.78 is 14.2. The summed E-state index contributed by atoms with van der Waals surface area (Å²) >= 11 is 3.15. The zero-order valence-electron chi connectivity index (χ0n) is 9.05. The molecule has 0 amide bonds. The third-order valence-corrected chi connectivity index (χ3v) is 3.08. The van der Waals surface area contributed by atoms with Crippen LogP contribution in [0.4, 0.5) is 4.39 Å². The quantitative estimate of drug-likeness (QED) is 0.854. The van der Waals surface area contributed by atoms with E-state index in [4.69, 9.17) is 5.26 Å². The predicted octanol–water partition coefficient (Wildman–Crippen LogP) is 3.25. The molecule has 1 atom stereocenters. The number of halogens is 2. The third-order valence-electron chi connectivity index (χ3n) is 2.58. The molecule has 0 spiro atoms. The van der Waals surface area contributed by atoms with Crippen LogP contribution in [0, 0.1) is 22.6 Å². The van der Waals surface area contributed by atoms with Crippen LogP contribution in [-0.4, -0.2) is 5.78 Å². The highest BCUT2D eigenvalue weighted by molar-refractivity contribution is 9.10. The van der Waals surface area contributed by atoms with Crippen molar-refractivity contribution in [2.75, 3.05) is 0 Å². The molecular weight excluding hydrogens is 273 g/mol. The van der Waals surface area contributed by atoms with Gasteiger partial charge in [0, 0.05) is 10.9 Å². The Labute approximate surface area is 102 Å². The molecule has 2 nitrogen and oxygen atoms in total. The van der Waals surface area contributed by atoms with Crippen molar-refractivity contribution in [3.05, 3.63) is 34.1 Å². The van der Waals surface area contributed by atoms with Crippen molar-refractivity contribution < 1.29 is 9.18 Å². The van der Waals surface area contributed by atoms with E-state index in [1.807, 2.05) is 6.07 Å². The van der Waals surface area contributed by atoms with Crippen LogP contribution < -0.4 is 0 Å². The Morgan fingerprint density at radius 2 is 2.25 bits per heavy atom. The molecule has 0 aliphatic rings. The number of hydrogen-bond acceptors (Lipinski definition) is 2. The normalized spacial score (nSPS) is 13.9. The lowest BCUT2D eigenvalue weighted by Crippen LogP contribution is -2.26. The Morgan fingerprint density at radius 3 is 2.69 bits per heavy atom. The maximum Gasteiger partial charge on any atom is 0.150 e. The van der Waals surface area contributed by atoms with E-state index in [1.54, 1.807) is 12.1 Å². The third kappa shape index (κ3) is 2.67. The Hall–Kier alpha value is -1.21. The molecule has 0 saturated carbocycles. The number of Topliss-reactive ketones (excluding diaryl/α,β-unsaturated/α-hetero) is 1. The highest BCUT2D eigenvalue weighted by Gasteiger charge is 2.30. The molecule has 84 valence electrons. The molecule has 1 aromatic rings. The smallest absolute Gasteiger partial charge is 0.150 e. The van der Waals surface area contributed by atoms with Crippen LogP contribution in [0.3, 0.4) is 0 Å². The molecule has 0 aromatic heterocycles. The average molecular weight is 284 g/mol. The number of carbonyl (C=O) groups is 1. The number of rotatable bonds is 3. The van der Waals surface area contributed by atoms with Crippen LogP contribution in [0.25, 0.3) is 0 Å². The molecule has 1 unspecified atom stereocenters. The second-order valence-corrected chi connectivity index (χ2v) is 4.83. The maximum absolute atomic E-state index is 13.5. The van der Waals surface area contributed by atoms with Gasteiger partial charge < -0.3 is 0 Å². The van der Waals surface area contributed by atoms with Gasteiger partial charge in [0.25, 0.3) is 0 Å². The molecule has 0 fully saturated rings. The topological polar surface area (TPSA) is 40.9 Å². The van der Waals surface area contributed by atoms with Gasteiger partial charge in [0.1, 0.15) is 17.0 Å². The molecule has 0 bridgehead atoms. The van der Waals surface area contributed by atoms with Crippen molar-refractivity contribution in [1.82, 2.24) is 0 Å². The van der Waals surface area contributed by atoms with E-state index in [9.17, 15) is 9.18 Å². The summed E-state index contributed by atoms with van der Waals surface area (Å²) in [5.74, 6) is -0.658. The summed E-state index contributed by atoms with van der Waals surface area (Å²) in [5.41, 5.74) is -0.781. The number of carbonyl (C=O) groups excluding carboxylic acids is 1. The second kappa shape index (κ2) is 4.75. The van der Waals surface area contributed by atoms with Gasteiger partial charge in [-0.3, -0.25) is 4.79 Å². The Morgan fingerprint density at radius 1 is 1.62 bits per heavy atom. The predicted molar refractivity (Wildman–Crippen MR) is 62.2 cm³/mol. The van der Waals surface area contributed by atoms with Crippen molar-refractivity contribution in [3.8, 4) is 6.07 Å². The lowest BCUT2D eigenvalue weighted by molar-refractivity contribution is -0.123. The largest absolute Gasteiger partial charge is 0.298 e. The molecule has 1 aromatic carbocycles. The average Bonchev–Trinajstić information content (AvgIpc) is 2.22. The standard InChI is InChI=1S/C12H11BrFNO/c1-8(16)12(2,7-15)6-9-3-4-10(13)5-11(9)14/h3-5H,6H2,1-2H3. The van der Waals surface area contributed by atoms with E-state index in [2.05, 4.69) is 15.9 Å². The fraction of sp³-hybridized carbons (Fsp3) is 0.333. The van der Waals surface area contributed by atoms with E-state index in [0.717, 1.165) is 0 Å². The number of hydrogen-bond donors (Lipinski definition) is 0. The summed E-state index contributed by atoms with van der Waals surface area (Å²) in [6.07, 6.45) is 0.0952. The molecule has 16 heavy (non-hydrogen) atoms. The van der Waals surface area contributed by atoms with Gasteiger partial charge in [-0.25, -0.2) is 4.39 Å². The summed E-state index contributed by atoms with van der Waals surface area (Å²) in [6.45, 7) is 2.87. The van der Waals surface area contributed by atoms with E-state index in [1.165, 1.54) is 19.9 Å². The van der Waals surface area contributed by atoms with E-state index in [-0.39, 0.29) is 12.2 Å². The lowest BCUT2D eigenvalue weighted by atomic mass is 9.81. The number of ketones is 1. The molecule has 0 N–H and O–H groups in total. The second-order valence-electron chi connectivity index (χ2n) is 3.91. The van der Waals surface area contributed by atoms with Gasteiger partial charge in [0.05, 0.1) is 6.07 Å². The Bertz CT molecular complexity index is 467. The summed E-state index contributed by atoms with van der Waals surface area (Å²) in [7, 11) is 0. The summed E-state index contributed by atoms with van der Waals surface area (Å²) in [4.78, 5) is 11.3. The van der Waals surface area contributed by atoms with Gasteiger partial charge >= 0.3 is 0 Å². The first kappa shape index (κ1) is 12.9. The van der Waals surface area contributed by atoms with Crippen LogP contribution in [0.5, 0.6) is 0 Å². The van der Waals surface area contributed by atoms with Gasteiger partial charge in [-0.05, 0) is 31.5 Å². The van der Waals surface area contributed by atoms with Crippen molar-refractivity contribution in [1.29, 1.82) is 5.26 Å². The van der Waals surface area contributed by atoms with Crippen molar-refractivity contribution in [3.63, 3.8) is 0 Å². The van der Waals surface area contributed by atoms with Crippen LogP contribution in [0.1, 0.15) is 19.4 Å². The molecule has 0 saturated heterocycles. The molecule has 1 rings (SSSR count). The van der Waals surface area contributed by atoms with Gasteiger partial charge in [0.2, 0.25) is 0 Å². The Kier molecular flexibility index (Phi) is 3.82. The highest BCUT2D eigenvalue weighted by Crippen LogP contribution is 2.25. The van der Waals surface area contributed by atoms with Crippen LogP contribution in [0.15, 0.2) is 22.7 Å². The zero-order valence-corrected chi connectivity index (χ0v) is 10.6. The van der Waals surface area contributed by atoms with Crippen LogP contribution >= 0.6 is 15.9 Å². The highest BCUT2D eigenvalue weighted by atomic mass is 79.9. The van der Waals surface area contributed by atoms with Gasteiger partial charge in [-0.1, -0.05) is 22.0 Å². The number of benzene rings is 1.